The van der Waals surface area contributed by atoms with Crippen molar-refractivity contribution in [1.29, 1.82) is 0 Å². The minimum Gasteiger partial charge on any atom is -0.393 e. The lowest BCUT2D eigenvalue weighted by Gasteiger charge is -2.58. The van der Waals surface area contributed by atoms with E-state index in [2.05, 4.69) is 39.1 Å². The van der Waals surface area contributed by atoms with E-state index in [0.717, 1.165) is 50.0 Å². The van der Waals surface area contributed by atoms with Crippen LogP contribution in [0.1, 0.15) is 86.0 Å². The topological polar surface area (TPSA) is 66.4 Å². The summed E-state index contributed by atoms with van der Waals surface area (Å²) in [6, 6.07) is 0. The number of rotatable bonds is 4. The molecule has 2 N–H and O–H groups in total. The highest BCUT2D eigenvalue weighted by molar-refractivity contribution is 6.01. The number of ketones is 1. The molecule has 0 aliphatic heterocycles. The number of allylic oxidation sites excluding steroid dienone is 3. The molecule has 4 nitrogen and oxygen atoms in total. The summed E-state index contributed by atoms with van der Waals surface area (Å²) in [5, 5.41) is 13.2. The fourth-order valence-electron chi connectivity index (χ4n) is 9.26. The van der Waals surface area contributed by atoms with Crippen molar-refractivity contribution < 1.29 is 14.7 Å². The van der Waals surface area contributed by atoms with Crippen molar-refractivity contribution in [2.75, 3.05) is 6.54 Å². The molecule has 0 aromatic carbocycles. The van der Waals surface area contributed by atoms with Gasteiger partial charge in [0, 0.05) is 19.4 Å². The van der Waals surface area contributed by atoms with Crippen LogP contribution in [-0.2, 0) is 9.59 Å². The van der Waals surface area contributed by atoms with Crippen LogP contribution < -0.4 is 5.32 Å². The van der Waals surface area contributed by atoms with Crippen LogP contribution in [-0.4, -0.2) is 29.4 Å². The van der Waals surface area contributed by atoms with Crippen LogP contribution >= 0.6 is 0 Å². The zero-order valence-electron chi connectivity index (χ0n) is 21.2. The number of nitrogens with one attached hydrogen (secondary N) is 1. The van der Waals surface area contributed by atoms with Gasteiger partial charge in [0.2, 0.25) is 5.91 Å². The molecule has 5 rings (SSSR count). The molecule has 0 bridgehead atoms. The SMILES string of the molecule is CC(=O)NC[C@H](C)CC1=C2C[C@H]3[C@H]4CC=C5C[C@@H](O)CC[C@]5(C)[C@@H]4CC[C@]3(C)[C@@H]2[C@H](C)C1=O. The predicted molar refractivity (Wildman–Crippen MR) is 130 cm³/mol. The normalized spacial score (nSPS) is 45.0. The van der Waals surface area contributed by atoms with Gasteiger partial charge in [-0.25, -0.2) is 0 Å². The van der Waals surface area contributed by atoms with Gasteiger partial charge in [0.05, 0.1) is 6.10 Å². The van der Waals surface area contributed by atoms with Crippen molar-refractivity contribution in [3.05, 3.63) is 22.8 Å². The maximum Gasteiger partial charge on any atom is 0.216 e. The molecule has 5 aliphatic rings. The second-order valence-electron chi connectivity index (χ2n) is 12.8. The molecule has 0 aromatic rings. The largest absolute Gasteiger partial charge is 0.393 e. The minimum absolute atomic E-state index is 0.00221. The summed E-state index contributed by atoms with van der Waals surface area (Å²) in [5.41, 5.74) is 4.60. The molecule has 1 amide bonds. The molecule has 5 aliphatic carbocycles. The Morgan fingerprint density at radius 2 is 1.97 bits per heavy atom. The van der Waals surface area contributed by atoms with Crippen LogP contribution in [0.5, 0.6) is 0 Å². The van der Waals surface area contributed by atoms with E-state index in [-0.39, 0.29) is 34.7 Å². The van der Waals surface area contributed by atoms with Gasteiger partial charge < -0.3 is 10.4 Å². The van der Waals surface area contributed by atoms with Gasteiger partial charge in [-0.1, -0.05) is 44.9 Å². The first-order chi connectivity index (χ1) is 15.6. The number of carbonyl (C=O) groups is 2. The predicted octanol–water partition coefficient (Wildman–Crippen LogP) is 5.21. The number of amides is 1. The highest BCUT2D eigenvalue weighted by Crippen LogP contribution is 2.70. The highest BCUT2D eigenvalue weighted by atomic mass is 16.3. The van der Waals surface area contributed by atoms with Gasteiger partial charge in [-0.05, 0) is 97.4 Å². The smallest absolute Gasteiger partial charge is 0.216 e. The van der Waals surface area contributed by atoms with Crippen LogP contribution in [0, 0.1) is 46.3 Å². The van der Waals surface area contributed by atoms with E-state index < -0.39 is 0 Å². The number of hydrogen-bond acceptors (Lipinski definition) is 3. The standard InChI is InChI=1S/C29H43NO3/c1-16(15-30-18(3)31)12-23-22-14-25-21-7-6-19-13-20(32)8-10-28(19,4)24(21)9-11-29(25,5)26(22)17(2)27(23)33/h6,16-17,20-21,24-26,32H,7-15H2,1-5H3,(H,30,31)/t16-,17+,20+,21+,24-,25+,26-,28+,29+/m1/s1. The molecule has 0 radical (unpaired) electrons. The minimum atomic E-state index is -0.153. The van der Waals surface area contributed by atoms with Crippen LogP contribution in [0.3, 0.4) is 0 Å². The van der Waals surface area contributed by atoms with Crippen LogP contribution in [0.15, 0.2) is 22.8 Å². The lowest BCUT2D eigenvalue weighted by Crippen LogP contribution is -2.51. The molecular formula is C29H43NO3. The van der Waals surface area contributed by atoms with Crippen molar-refractivity contribution in [2.24, 2.45) is 46.3 Å². The first-order valence-corrected chi connectivity index (χ1v) is 13.4. The Morgan fingerprint density at radius 1 is 1.21 bits per heavy atom. The molecule has 182 valence electrons. The summed E-state index contributed by atoms with van der Waals surface area (Å²) in [7, 11) is 0. The first-order valence-electron chi connectivity index (χ1n) is 13.4. The molecule has 0 spiro atoms. The third-order valence-corrected chi connectivity index (χ3v) is 10.9. The molecule has 3 saturated carbocycles. The van der Waals surface area contributed by atoms with Crippen LogP contribution in [0.4, 0.5) is 0 Å². The summed E-state index contributed by atoms with van der Waals surface area (Å²) < 4.78 is 0. The zero-order chi connectivity index (χ0) is 23.7. The van der Waals surface area contributed by atoms with Crippen molar-refractivity contribution in [1.82, 2.24) is 5.32 Å². The molecule has 4 heteroatoms. The number of fused-ring (bicyclic) bond motifs is 7. The van der Waals surface area contributed by atoms with Crippen molar-refractivity contribution in [2.45, 2.75) is 92.1 Å². The van der Waals surface area contributed by atoms with E-state index in [0.29, 0.717) is 30.1 Å². The highest BCUT2D eigenvalue weighted by Gasteiger charge is 2.63. The fraction of sp³-hybridized carbons (Fsp3) is 0.793. The lowest BCUT2D eigenvalue weighted by molar-refractivity contribution is -0.121. The van der Waals surface area contributed by atoms with Crippen molar-refractivity contribution in [3.8, 4) is 0 Å². The van der Waals surface area contributed by atoms with Crippen molar-refractivity contribution in [3.63, 3.8) is 0 Å². The van der Waals surface area contributed by atoms with Gasteiger partial charge in [0.15, 0.2) is 5.78 Å². The van der Waals surface area contributed by atoms with Gasteiger partial charge in [-0.15, -0.1) is 0 Å². The molecule has 33 heavy (non-hydrogen) atoms. The maximum atomic E-state index is 13.4. The van der Waals surface area contributed by atoms with Gasteiger partial charge in [-0.2, -0.15) is 0 Å². The number of aliphatic hydroxyl groups is 1. The summed E-state index contributed by atoms with van der Waals surface area (Å²) >= 11 is 0. The molecule has 0 aromatic heterocycles. The molecule has 0 unspecified atom stereocenters. The molecule has 0 heterocycles. The number of Topliss-reactive ketones (excluding diaryl/α,β-unsaturated/α-hetero) is 1. The Bertz CT molecular complexity index is 918. The van der Waals surface area contributed by atoms with Crippen LogP contribution in [0.25, 0.3) is 0 Å². The van der Waals surface area contributed by atoms with Crippen molar-refractivity contribution >= 4 is 11.7 Å². The average Bonchev–Trinajstić information content (AvgIpc) is 3.19. The van der Waals surface area contributed by atoms with Gasteiger partial charge >= 0.3 is 0 Å². The molecular weight excluding hydrogens is 410 g/mol. The van der Waals surface area contributed by atoms with E-state index in [4.69, 9.17) is 0 Å². The maximum absolute atomic E-state index is 13.4. The fourth-order valence-corrected chi connectivity index (χ4v) is 9.26. The molecule has 3 fully saturated rings. The second kappa shape index (κ2) is 8.07. The molecule has 0 saturated heterocycles. The van der Waals surface area contributed by atoms with E-state index in [1.165, 1.54) is 24.0 Å². The third-order valence-electron chi connectivity index (χ3n) is 10.9. The van der Waals surface area contributed by atoms with E-state index >= 15 is 0 Å². The average molecular weight is 454 g/mol. The lowest BCUT2D eigenvalue weighted by atomic mass is 9.47. The van der Waals surface area contributed by atoms with E-state index in [9.17, 15) is 14.7 Å². The van der Waals surface area contributed by atoms with Crippen LogP contribution in [0.2, 0.25) is 0 Å². The Labute approximate surface area is 199 Å². The number of carbonyl (C=O) groups excluding carboxylic acids is 2. The van der Waals surface area contributed by atoms with Gasteiger partial charge in [-0.3, -0.25) is 9.59 Å². The Kier molecular flexibility index (Phi) is 5.70. The summed E-state index contributed by atoms with van der Waals surface area (Å²) in [6.07, 6.45) is 10.8. The Hall–Kier alpha value is -1.42. The summed E-state index contributed by atoms with van der Waals surface area (Å²) in [4.78, 5) is 24.7. The van der Waals surface area contributed by atoms with Gasteiger partial charge in [0.1, 0.15) is 0 Å². The Morgan fingerprint density at radius 3 is 2.70 bits per heavy atom. The monoisotopic (exact) mass is 453 g/mol. The zero-order valence-corrected chi connectivity index (χ0v) is 21.2. The second-order valence-corrected chi connectivity index (χ2v) is 12.8. The molecule has 9 atom stereocenters. The first kappa shape index (κ1) is 23.3. The number of aliphatic hydroxyl groups excluding tert-OH is 1. The van der Waals surface area contributed by atoms with E-state index in [1.807, 2.05) is 0 Å². The third kappa shape index (κ3) is 3.49. The number of hydrogen-bond donors (Lipinski definition) is 2. The van der Waals surface area contributed by atoms with Gasteiger partial charge in [0.25, 0.3) is 0 Å². The Balaban J connectivity index is 1.44. The summed E-state index contributed by atoms with van der Waals surface area (Å²) in [5.74, 6) is 3.25. The quantitative estimate of drug-likeness (QED) is 0.574. The van der Waals surface area contributed by atoms with E-state index in [1.54, 1.807) is 6.92 Å². The summed E-state index contributed by atoms with van der Waals surface area (Å²) in [6.45, 7) is 11.5.